The van der Waals surface area contributed by atoms with E-state index >= 15 is 0 Å². The van der Waals surface area contributed by atoms with Crippen molar-refractivity contribution in [2.75, 3.05) is 6.26 Å². The van der Waals surface area contributed by atoms with Gasteiger partial charge in [0.05, 0.1) is 27.4 Å². The molecule has 0 unspecified atom stereocenters. The fourth-order valence-electron chi connectivity index (χ4n) is 2.72. The first-order valence-electron chi connectivity index (χ1n) is 8.15. The van der Waals surface area contributed by atoms with E-state index in [2.05, 4.69) is 16.0 Å². The second kappa shape index (κ2) is 7.13. The minimum atomic E-state index is -3.33. The number of hydrogen-bond acceptors (Lipinski definition) is 5. The third-order valence-corrected chi connectivity index (χ3v) is 6.10. The molecule has 0 bridgehead atoms. The number of hydrogen-bond donors (Lipinski definition) is 0. The summed E-state index contributed by atoms with van der Waals surface area (Å²) in [6.45, 7) is 4.48. The molecule has 0 atom stereocenters. The minimum Gasteiger partial charge on any atom is -0.305 e. The number of terminal acetylenes is 1. The quantitative estimate of drug-likeness (QED) is 0.625. The first kappa shape index (κ1) is 19.1. The molecule has 27 heavy (non-hydrogen) atoms. The lowest BCUT2D eigenvalue weighted by atomic mass is 10.3. The van der Waals surface area contributed by atoms with Crippen molar-refractivity contribution in [2.45, 2.75) is 31.8 Å². The van der Waals surface area contributed by atoms with E-state index in [-0.39, 0.29) is 11.4 Å². The molecule has 2 aromatic heterocycles. The Kier molecular flexibility index (Phi) is 5.04. The van der Waals surface area contributed by atoms with Gasteiger partial charge >= 0.3 is 0 Å². The third kappa shape index (κ3) is 3.72. The number of sulfone groups is 1. The zero-order valence-corrected chi connectivity index (χ0v) is 16.8. The molecule has 3 rings (SSSR count). The lowest BCUT2D eigenvalue weighted by Crippen LogP contribution is -2.18. The second-order valence-corrected chi connectivity index (χ2v) is 9.01. The fourth-order valence-corrected chi connectivity index (χ4v) is 4.51. The van der Waals surface area contributed by atoms with Crippen molar-refractivity contribution >= 4 is 37.3 Å². The van der Waals surface area contributed by atoms with Crippen molar-refractivity contribution < 1.29 is 13.2 Å². The third-order valence-electron chi connectivity index (χ3n) is 3.95. The predicted octanol–water partition coefficient (Wildman–Crippen LogP) is 2.01. The number of carbonyl (C=O) groups is 1. The largest absolute Gasteiger partial charge is 0.305 e. The molecule has 0 aliphatic carbocycles. The molecule has 0 saturated carbocycles. The summed E-state index contributed by atoms with van der Waals surface area (Å²) in [7, 11) is -3.33. The Morgan fingerprint density at radius 2 is 2.11 bits per heavy atom. The van der Waals surface area contributed by atoms with Crippen LogP contribution >= 0.6 is 11.3 Å². The number of benzene rings is 1. The predicted molar refractivity (Wildman–Crippen MR) is 104 cm³/mol. The Hall–Kier alpha value is -2.70. The highest BCUT2D eigenvalue weighted by molar-refractivity contribution is 7.90. The smallest absolute Gasteiger partial charge is 0.297 e. The van der Waals surface area contributed by atoms with Crippen LogP contribution in [0.4, 0.5) is 0 Å². The molecule has 0 radical (unpaired) electrons. The molecule has 0 aliphatic rings. The van der Waals surface area contributed by atoms with Crippen LogP contribution in [0.25, 0.3) is 10.2 Å². The highest BCUT2D eigenvalue weighted by atomic mass is 32.2. The minimum absolute atomic E-state index is 0.210. The van der Waals surface area contributed by atoms with E-state index in [4.69, 9.17) is 6.42 Å². The number of rotatable bonds is 4. The van der Waals surface area contributed by atoms with Gasteiger partial charge in [0.2, 0.25) is 0 Å². The normalized spacial score (nSPS) is 12.4. The molecule has 0 fully saturated rings. The molecule has 7 nitrogen and oxygen atoms in total. The van der Waals surface area contributed by atoms with E-state index in [1.807, 2.05) is 13.8 Å². The van der Waals surface area contributed by atoms with Crippen LogP contribution in [0.3, 0.4) is 0 Å². The maximum atomic E-state index is 12.7. The monoisotopic (exact) mass is 402 g/mol. The Bertz CT molecular complexity index is 1250. The van der Waals surface area contributed by atoms with Gasteiger partial charge in [0.25, 0.3) is 5.91 Å². The van der Waals surface area contributed by atoms with Gasteiger partial charge < -0.3 is 4.57 Å². The summed E-state index contributed by atoms with van der Waals surface area (Å²) in [5.41, 5.74) is 1.87. The molecule has 3 aromatic rings. The van der Waals surface area contributed by atoms with Crippen molar-refractivity contribution in [3.05, 3.63) is 40.5 Å². The fraction of sp³-hybridized carbons (Fsp3) is 0.278. The Labute approximate surface area is 160 Å². The maximum absolute atomic E-state index is 12.7. The van der Waals surface area contributed by atoms with E-state index in [9.17, 15) is 13.2 Å². The van der Waals surface area contributed by atoms with Crippen LogP contribution in [0.15, 0.2) is 34.2 Å². The van der Waals surface area contributed by atoms with Gasteiger partial charge in [-0.15, -0.1) is 6.42 Å². The Balaban J connectivity index is 2.20. The lowest BCUT2D eigenvalue weighted by Gasteiger charge is -2.02. The SMILES string of the molecule is C#CCn1c(=NC(=O)c2cc(C)nn2CC)sc2cc(S(C)(=O)=O)ccc21. The van der Waals surface area contributed by atoms with E-state index in [0.717, 1.165) is 17.5 Å². The van der Waals surface area contributed by atoms with Crippen LogP contribution in [0.2, 0.25) is 0 Å². The van der Waals surface area contributed by atoms with Gasteiger partial charge in [0.1, 0.15) is 5.69 Å². The molecule has 1 amide bonds. The molecule has 140 valence electrons. The molecular formula is C18H18N4O3S2. The van der Waals surface area contributed by atoms with Crippen molar-refractivity contribution in [2.24, 2.45) is 4.99 Å². The van der Waals surface area contributed by atoms with Gasteiger partial charge in [0, 0.05) is 12.8 Å². The molecule has 0 N–H and O–H groups in total. The van der Waals surface area contributed by atoms with E-state index in [0.29, 0.717) is 21.7 Å². The van der Waals surface area contributed by atoms with Crippen molar-refractivity contribution in [1.29, 1.82) is 0 Å². The number of fused-ring (bicyclic) bond motifs is 1. The van der Waals surface area contributed by atoms with Gasteiger partial charge in [-0.1, -0.05) is 17.3 Å². The van der Waals surface area contributed by atoms with E-state index < -0.39 is 15.7 Å². The summed E-state index contributed by atoms with van der Waals surface area (Å²) < 4.78 is 27.6. The highest BCUT2D eigenvalue weighted by Crippen LogP contribution is 2.22. The van der Waals surface area contributed by atoms with Gasteiger partial charge in [-0.3, -0.25) is 9.48 Å². The first-order valence-corrected chi connectivity index (χ1v) is 10.9. The van der Waals surface area contributed by atoms with Gasteiger partial charge in [-0.05, 0) is 38.1 Å². The van der Waals surface area contributed by atoms with Crippen molar-refractivity contribution in [3.63, 3.8) is 0 Å². The summed E-state index contributed by atoms with van der Waals surface area (Å²) in [6, 6.07) is 6.48. The lowest BCUT2D eigenvalue weighted by molar-refractivity contribution is 0.0987. The van der Waals surface area contributed by atoms with Crippen molar-refractivity contribution in [3.8, 4) is 12.3 Å². The molecule has 0 saturated heterocycles. The number of thiazole rings is 1. The van der Waals surface area contributed by atoms with Gasteiger partial charge in [-0.2, -0.15) is 10.1 Å². The number of nitrogens with zero attached hydrogens (tertiary/aromatic N) is 4. The van der Waals surface area contributed by atoms with Crippen LogP contribution in [-0.2, 0) is 22.9 Å². The zero-order valence-electron chi connectivity index (χ0n) is 15.1. The van der Waals surface area contributed by atoms with Gasteiger partial charge in [-0.25, -0.2) is 8.42 Å². The topological polar surface area (TPSA) is 86.3 Å². The van der Waals surface area contributed by atoms with E-state index in [1.54, 1.807) is 27.4 Å². The van der Waals surface area contributed by atoms with Gasteiger partial charge in [0.15, 0.2) is 14.6 Å². The Morgan fingerprint density at radius 1 is 1.37 bits per heavy atom. The zero-order chi connectivity index (χ0) is 19.8. The number of aromatic nitrogens is 3. The molecule has 0 aliphatic heterocycles. The standard InChI is InChI=1S/C18H18N4O3S2/c1-5-9-21-14-8-7-13(27(4,24)25)11-16(14)26-18(21)19-17(23)15-10-12(3)20-22(15)6-2/h1,7-8,10-11H,6,9H2,2-4H3. The van der Waals surface area contributed by atoms with Crippen LogP contribution in [0, 0.1) is 19.3 Å². The summed E-state index contributed by atoms with van der Waals surface area (Å²) in [6.07, 6.45) is 6.62. The van der Waals surface area contributed by atoms with E-state index in [1.165, 1.54) is 17.4 Å². The second-order valence-electron chi connectivity index (χ2n) is 5.98. The van der Waals surface area contributed by atoms with Crippen LogP contribution in [-0.4, -0.2) is 34.9 Å². The van der Waals surface area contributed by atoms with Crippen LogP contribution in [0.1, 0.15) is 23.1 Å². The number of carbonyl (C=O) groups excluding carboxylic acids is 1. The van der Waals surface area contributed by atoms with Crippen LogP contribution < -0.4 is 4.80 Å². The molecule has 1 aromatic carbocycles. The first-order chi connectivity index (χ1) is 12.7. The molecule has 9 heteroatoms. The number of aryl methyl sites for hydroxylation is 2. The van der Waals surface area contributed by atoms with Crippen molar-refractivity contribution in [1.82, 2.24) is 14.3 Å². The molecule has 0 spiro atoms. The number of amides is 1. The molecule has 2 heterocycles. The average molecular weight is 403 g/mol. The highest BCUT2D eigenvalue weighted by Gasteiger charge is 2.15. The average Bonchev–Trinajstić information content (AvgIpc) is 3.14. The Morgan fingerprint density at radius 3 is 2.74 bits per heavy atom. The molecular weight excluding hydrogens is 384 g/mol. The summed E-state index contributed by atoms with van der Waals surface area (Å²) >= 11 is 1.22. The summed E-state index contributed by atoms with van der Waals surface area (Å²) in [5, 5.41) is 4.27. The summed E-state index contributed by atoms with van der Waals surface area (Å²) in [5.74, 6) is 2.13. The summed E-state index contributed by atoms with van der Waals surface area (Å²) in [4.78, 5) is 17.5. The maximum Gasteiger partial charge on any atom is 0.297 e. The van der Waals surface area contributed by atoms with Crippen LogP contribution in [0.5, 0.6) is 0 Å².